The van der Waals surface area contributed by atoms with E-state index in [2.05, 4.69) is 45.0 Å². The van der Waals surface area contributed by atoms with Gasteiger partial charge in [0.2, 0.25) is 5.91 Å². The minimum absolute atomic E-state index is 0.0705. The van der Waals surface area contributed by atoms with Crippen LogP contribution in [0.15, 0.2) is 48.5 Å². The quantitative estimate of drug-likeness (QED) is 0.356. The number of carbonyl (C=O) groups excluding carboxylic acids is 3. The predicted octanol–water partition coefficient (Wildman–Crippen LogP) is 5.17. The molecule has 272 valence electrons. The number of benzene rings is 2. The number of hydrogen-bond donors (Lipinski definition) is 0. The summed E-state index contributed by atoms with van der Waals surface area (Å²) in [6, 6.07) is 16.9. The minimum atomic E-state index is -1.10. The summed E-state index contributed by atoms with van der Waals surface area (Å²) in [6.07, 6.45) is 3.61. The molecule has 0 bridgehead atoms. The maximum atomic E-state index is 14.1. The van der Waals surface area contributed by atoms with E-state index in [-0.39, 0.29) is 23.8 Å². The Morgan fingerprint density at radius 3 is 2.14 bits per heavy atom. The van der Waals surface area contributed by atoms with E-state index >= 15 is 0 Å². The van der Waals surface area contributed by atoms with Gasteiger partial charge in [-0.05, 0) is 90.1 Å². The molecule has 1 saturated carbocycles. The van der Waals surface area contributed by atoms with Gasteiger partial charge in [0.25, 0.3) is 5.91 Å². The van der Waals surface area contributed by atoms with E-state index in [0.717, 1.165) is 64.2 Å². The molecular formula is C39H55N5O6. The first-order valence-corrected chi connectivity index (χ1v) is 18.4. The van der Waals surface area contributed by atoms with Crippen molar-refractivity contribution in [2.75, 3.05) is 75.4 Å². The molecule has 6 rings (SSSR count). The monoisotopic (exact) mass is 689 g/mol. The summed E-state index contributed by atoms with van der Waals surface area (Å²) in [7, 11) is 0. The maximum absolute atomic E-state index is 14.1. The third-order valence-corrected chi connectivity index (χ3v) is 10.00. The summed E-state index contributed by atoms with van der Waals surface area (Å²) in [5.41, 5.74) is 1.71. The lowest BCUT2D eigenvalue weighted by Crippen LogP contribution is -2.57. The van der Waals surface area contributed by atoms with Crippen molar-refractivity contribution in [3.8, 4) is 5.75 Å². The smallest absolute Gasteiger partial charge is 0.410 e. The van der Waals surface area contributed by atoms with E-state index in [4.69, 9.17) is 14.2 Å². The second-order valence-electron chi connectivity index (χ2n) is 15.6. The molecule has 4 aliphatic rings. The summed E-state index contributed by atoms with van der Waals surface area (Å²) in [6.45, 7) is 16.3. The Morgan fingerprint density at radius 2 is 1.48 bits per heavy atom. The number of piperidine rings is 1. The average Bonchev–Trinajstić information content (AvgIpc) is 3.96. The van der Waals surface area contributed by atoms with Gasteiger partial charge in [-0.25, -0.2) is 4.79 Å². The molecule has 4 fully saturated rings. The van der Waals surface area contributed by atoms with Crippen molar-refractivity contribution in [1.82, 2.24) is 14.7 Å². The highest BCUT2D eigenvalue weighted by Crippen LogP contribution is 2.34. The predicted molar refractivity (Wildman–Crippen MR) is 194 cm³/mol. The highest BCUT2D eigenvalue weighted by molar-refractivity contribution is 5.85. The number of ether oxygens (including phenoxy) is 3. The minimum Gasteiger partial charge on any atom is -0.478 e. The van der Waals surface area contributed by atoms with Gasteiger partial charge in [-0.1, -0.05) is 18.2 Å². The van der Waals surface area contributed by atoms with Crippen molar-refractivity contribution < 1.29 is 28.6 Å². The van der Waals surface area contributed by atoms with E-state index in [0.29, 0.717) is 51.1 Å². The number of rotatable bonds is 9. The normalized spacial score (nSPS) is 20.4. The fourth-order valence-corrected chi connectivity index (χ4v) is 7.13. The van der Waals surface area contributed by atoms with Crippen LogP contribution in [-0.2, 0) is 25.6 Å². The Balaban J connectivity index is 1.04. The zero-order valence-corrected chi connectivity index (χ0v) is 30.6. The van der Waals surface area contributed by atoms with E-state index in [9.17, 15) is 14.4 Å². The van der Waals surface area contributed by atoms with Crippen LogP contribution in [0.3, 0.4) is 0 Å². The summed E-state index contributed by atoms with van der Waals surface area (Å²) >= 11 is 0. The number of morpholine rings is 1. The molecule has 11 nitrogen and oxygen atoms in total. The summed E-state index contributed by atoms with van der Waals surface area (Å²) in [5.74, 6) is 0.673. The van der Waals surface area contributed by atoms with Crippen molar-refractivity contribution >= 4 is 29.3 Å². The topological polar surface area (TPSA) is 95.1 Å². The third-order valence-electron chi connectivity index (χ3n) is 10.00. The molecule has 3 saturated heterocycles. The second kappa shape index (κ2) is 15.1. The van der Waals surface area contributed by atoms with Crippen molar-refractivity contribution in [2.45, 2.75) is 84.1 Å². The second-order valence-corrected chi connectivity index (χ2v) is 15.6. The van der Waals surface area contributed by atoms with Crippen LogP contribution in [0.2, 0.25) is 0 Å². The number of nitrogens with zero attached hydrogens (tertiary/aromatic N) is 5. The molecule has 3 amide bonds. The van der Waals surface area contributed by atoms with Gasteiger partial charge < -0.3 is 38.7 Å². The van der Waals surface area contributed by atoms with E-state index in [1.54, 1.807) is 23.6 Å². The van der Waals surface area contributed by atoms with E-state index in [1.165, 1.54) is 11.3 Å². The van der Waals surface area contributed by atoms with Crippen LogP contribution in [0.1, 0.15) is 65.9 Å². The lowest BCUT2D eigenvalue weighted by Gasteiger charge is -2.39. The van der Waals surface area contributed by atoms with Crippen LogP contribution in [0, 0.1) is 5.92 Å². The van der Waals surface area contributed by atoms with Crippen LogP contribution in [0.4, 0.5) is 16.2 Å². The molecule has 2 aromatic rings. The fourth-order valence-electron chi connectivity index (χ4n) is 7.13. The first-order chi connectivity index (χ1) is 23.9. The lowest BCUT2D eigenvalue weighted by molar-refractivity contribution is -0.147. The number of anilines is 2. The highest BCUT2D eigenvalue weighted by Gasteiger charge is 2.39. The van der Waals surface area contributed by atoms with Crippen LogP contribution in [-0.4, -0.2) is 115 Å². The van der Waals surface area contributed by atoms with E-state index in [1.807, 2.05) is 39.0 Å². The van der Waals surface area contributed by atoms with Crippen LogP contribution >= 0.6 is 0 Å². The molecular weight excluding hydrogens is 634 g/mol. The number of piperazine rings is 1. The van der Waals surface area contributed by atoms with Gasteiger partial charge in [-0.15, -0.1) is 0 Å². The zero-order chi connectivity index (χ0) is 35.5. The van der Waals surface area contributed by atoms with Gasteiger partial charge in [0.1, 0.15) is 11.4 Å². The van der Waals surface area contributed by atoms with Crippen LogP contribution < -0.4 is 14.5 Å². The molecule has 0 spiro atoms. The standard InChI is InChI=1S/C39H55N5O6/c1-38(2,3)50-37(47)42-20-18-41(19-21-42)36(46)39(4,5)49-34-10-6-9-33(26-34)43-17-7-8-30(28-43)35(45)44(32-15-16-32)27-29-11-13-31(14-12-29)40-22-24-48-25-23-40/h6,9-14,26,30,32H,7-8,15-25,27-28H2,1-5H3/t30-/m1/s1. The fraction of sp³-hybridized carbons (Fsp3) is 0.615. The van der Waals surface area contributed by atoms with Crippen LogP contribution in [0.5, 0.6) is 5.75 Å². The van der Waals surface area contributed by atoms with Gasteiger partial charge in [0, 0.05) is 82.4 Å². The largest absolute Gasteiger partial charge is 0.478 e. The maximum Gasteiger partial charge on any atom is 0.410 e. The van der Waals surface area contributed by atoms with Gasteiger partial charge in [0.15, 0.2) is 5.60 Å². The van der Waals surface area contributed by atoms with Crippen LogP contribution in [0.25, 0.3) is 0 Å². The van der Waals surface area contributed by atoms with Gasteiger partial charge in [-0.3, -0.25) is 9.59 Å². The average molecular weight is 690 g/mol. The molecule has 1 aliphatic carbocycles. The van der Waals surface area contributed by atoms with Crippen molar-refractivity contribution in [2.24, 2.45) is 5.92 Å². The number of hydrogen-bond acceptors (Lipinski definition) is 8. The van der Waals surface area contributed by atoms with Gasteiger partial charge >= 0.3 is 6.09 Å². The molecule has 0 aromatic heterocycles. The summed E-state index contributed by atoms with van der Waals surface area (Å²) in [4.78, 5) is 50.3. The zero-order valence-electron chi connectivity index (χ0n) is 30.6. The molecule has 50 heavy (non-hydrogen) atoms. The van der Waals surface area contributed by atoms with E-state index < -0.39 is 11.2 Å². The first-order valence-electron chi connectivity index (χ1n) is 18.4. The molecule has 0 N–H and O–H groups in total. The Kier molecular flexibility index (Phi) is 10.8. The van der Waals surface area contributed by atoms with Crippen molar-refractivity contribution in [3.63, 3.8) is 0 Å². The molecule has 2 aromatic carbocycles. The molecule has 1 atom stereocenters. The lowest BCUT2D eigenvalue weighted by atomic mass is 9.95. The number of amides is 3. The highest BCUT2D eigenvalue weighted by atomic mass is 16.6. The Morgan fingerprint density at radius 1 is 0.800 bits per heavy atom. The molecule has 0 radical (unpaired) electrons. The van der Waals surface area contributed by atoms with Gasteiger partial charge in [0.05, 0.1) is 19.1 Å². The Labute approximate surface area is 297 Å². The summed E-state index contributed by atoms with van der Waals surface area (Å²) in [5, 5.41) is 0. The SMILES string of the molecule is CC(C)(C)OC(=O)N1CCN(C(=O)C(C)(C)Oc2cccc(N3CCC[C@@H](C(=O)N(Cc4ccc(N5CCOCC5)cc4)C4CC4)C3)c2)CC1. The Hall–Kier alpha value is -3.99. The van der Waals surface area contributed by atoms with Crippen molar-refractivity contribution in [3.05, 3.63) is 54.1 Å². The molecule has 3 heterocycles. The summed E-state index contributed by atoms with van der Waals surface area (Å²) < 4.78 is 17.3. The molecule has 0 unspecified atom stereocenters. The van der Waals surface area contributed by atoms with Crippen molar-refractivity contribution in [1.29, 1.82) is 0 Å². The van der Waals surface area contributed by atoms with Gasteiger partial charge in [-0.2, -0.15) is 0 Å². The number of carbonyl (C=O) groups is 3. The first kappa shape index (κ1) is 35.8. The Bertz CT molecular complexity index is 1490. The third kappa shape index (κ3) is 9.02. The molecule has 11 heteroatoms. The molecule has 3 aliphatic heterocycles.